The Hall–Kier alpha value is -0.420. The van der Waals surface area contributed by atoms with Gasteiger partial charge in [-0.05, 0) is 215 Å². The number of ether oxygens (including phenoxy) is 2. The molecular weight excluding hydrogens is 637 g/mol. The molecule has 0 N–H and O–H groups in total. The summed E-state index contributed by atoms with van der Waals surface area (Å²) in [5.74, 6) is 5.62. The first-order valence-corrected chi connectivity index (χ1v) is 23.8. The Morgan fingerprint density at radius 1 is 0.327 bits per heavy atom. The van der Waals surface area contributed by atoms with E-state index in [0.29, 0.717) is 12.2 Å². The van der Waals surface area contributed by atoms with Crippen LogP contribution >= 0.6 is 0 Å². The van der Waals surface area contributed by atoms with Gasteiger partial charge >= 0.3 is 0 Å². The lowest BCUT2D eigenvalue weighted by atomic mass is 9.69. The number of allylic oxidation sites excluding steroid dienone is 2. The van der Waals surface area contributed by atoms with Crippen molar-refractivity contribution in [1.82, 2.24) is 9.80 Å². The van der Waals surface area contributed by atoms with Gasteiger partial charge in [0.25, 0.3) is 0 Å². The lowest BCUT2D eigenvalue weighted by Crippen LogP contribution is -2.53. The van der Waals surface area contributed by atoms with E-state index in [4.69, 9.17) is 9.47 Å². The number of rotatable bonds is 11. The standard InChI is InChI=1S/C48H84N2O2/c1-35-5-19-41(20-6-35)49(42-21-7-36(2)8-22-42)43-23-13-38(14-24-43)10-9-37-11-15-39(16-12-37)40-17-25-44(26-18-40)50(45-27-31-47(51-3)32-28-45)46-29-33-48(52-4)34-30-46/h9-10,35-48H,5-8,11-34H2,1-4H3/b10-9+. The third-order valence-corrected chi connectivity index (χ3v) is 17.1. The van der Waals surface area contributed by atoms with Gasteiger partial charge in [-0.25, -0.2) is 0 Å². The maximum atomic E-state index is 5.79. The van der Waals surface area contributed by atoms with Gasteiger partial charge in [0.2, 0.25) is 0 Å². The first-order valence-electron chi connectivity index (χ1n) is 23.8. The van der Waals surface area contributed by atoms with Gasteiger partial charge in [0, 0.05) is 50.5 Å². The molecule has 0 aromatic carbocycles. The molecule has 0 aromatic heterocycles. The highest BCUT2D eigenvalue weighted by Gasteiger charge is 2.41. The normalized spacial score (nSPS) is 44.3. The van der Waals surface area contributed by atoms with Crippen LogP contribution in [0.3, 0.4) is 0 Å². The minimum absolute atomic E-state index is 0.499. The number of nitrogens with zero attached hydrogens (tertiary/aromatic N) is 2. The van der Waals surface area contributed by atoms with Gasteiger partial charge in [0.05, 0.1) is 12.2 Å². The molecule has 0 spiro atoms. The summed E-state index contributed by atoms with van der Waals surface area (Å²) in [5.41, 5.74) is 0. The fourth-order valence-corrected chi connectivity index (χ4v) is 13.6. The highest BCUT2D eigenvalue weighted by atomic mass is 16.5. The quantitative estimate of drug-likeness (QED) is 0.198. The lowest BCUT2D eigenvalue weighted by molar-refractivity contribution is -0.0328. The van der Waals surface area contributed by atoms with Gasteiger partial charge in [-0.1, -0.05) is 26.0 Å². The Bertz CT molecular complexity index is 977. The van der Waals surface area contributed by atoms with E-state index < -0.39 is 0 Å². The van der Waals surface area contributed by atoms with Crippen molar-refractivity contribution >= 4 is 0 Å². The molecule has 7 rings (SSSR count). The highest BCUT2D eigenvalue weighted by molar-refractivity contribution is 5.00. The second kappa shape index (κ2) is 19.6. The maximum Gasteiger partial charge on any atom is 0.0572 e. The van der Waals surface area contributed by atoms with Crippen LogP contribution in [0.5, 0.6) is 0 Å². The molecule has 0 aliphatic heterocycles. The molecule has 7 fully saturated rings. The fourth-order valence-electron chi connectivity index (χ4n) is 13.6. The van der Waals surface area contributed by atoms with Crippen molar-refractivity contribution in [3.05, 3.63) is 12.2 Å². The van der Waals surface area contributed by atoms with Crippen LogP contribution in [0.1, 0.15) is 194 Å². The monoisotopic (exact) mass is 721 g/mol. The van der Waals surface area contributed by atoms with Crippen LogP contribution in [-0.2, 0) is 9.47 Å². The third-order valence-electron chi connectivity index (χ3n) is 17.1. The highest BCUT2D eigenvalue weighted by Crippen LogP contribution is 2.45. The Balaban J connectivity index is 0.849. The Labute approximate surface area is 322 Å². The van der Waals surface area contributed by atoms with E-state index in [1.807, 2.05) is 14.2 Å². The predicted molar refractivity (Wildman–Crippen MR) is 219 cm³/mol. The smallest absolute Gasteiger partial charge is 0.0572 e. The molecule has 0 atom stereocenters. The summed E-state index contributed by atoms with van der Waals surface area (Å²) in [7, 11) is 3.85. The molecule has 4 nitrogen and oxygen atoms in total. The van der Waals surface area contributed by atoms with Crippen LogP contribution in [0.15, 0.2) is 12.2 Å². The average Bonchev–Trinajstić information content (AvgIpc) is 3.20. The second-order valence-corrected chi connectivity index (χ2v) is 20.3. The average molecular weight is 721 g/mol. The van der Waals surface area contributed by atoms with Crippen molar-refractivity contribution in [1.29, 1.82) is 0 Å². The second-order valence-electron chi connectivity index (χ2n) is 20.3. The van der Waals surface area contributed by atoms with Gasteiger partial charge < -0.3 is 9.47 Å². The third kappa shape index (κ3) is 10.3. The van der Waals surface area contributed by atoms with Crippen molar-refractivity contribution in [2.24, 2.45) is 35.5 Å². The van der Waals surface area contributed by atoms with Crippen molar-refractivity contribution in [3.63, 3.8) is 0 Å². The molecule has 0 unspecified atom stereocenters. The van der Waals surface area contributed by atoms with Crippen LogP contribution in [0, 0.1) is 35.5 Å². The van der Waals surface area contributed by atoms with E-state index in [0.717, 1.165) is 71.8 Å². The van der Waals surface area contributed by atoms with Crippen LogP contribution in [0.4, 0.5) is 0 Å². The molecule has 0 saturated heterocycles. The first kappa shape index (κ1) is 39.8. The Morgan fingerprint density at radius 3 is 0.904 bits per heavy atom. The van der Waals surface area contributed by atoms with Crippen molar-refractivity contribution in [3.8, 4) is 0 Å². The SMILES string of the molecule is COC1CCC(N(C2CCC(OC)CC2)C2CCC(C3CCC(/C=C/C4CCC(N(C5CCC(C)CC5)C5CCC(C)CC5)CC4)CC3)CC2)CC1. The van der Waals surface area contributed by atoms with E-state index in [1.165, 1.54) is 180 Å². The zero-order chi connectivity index (χ0) is 35.9. The predicted octanol–water partition coefficient (Wildman–Crippen LogP) is 12.1. The van der Waals surface area contributed by atoms with E-state index in [1.54, 1.807) is 0 Å². The molecule has 0 radical (unpaired) electrons. The van der Waals surface area contributed by atoms with Crippen molar-refractivity contribution in [2.45, 2.75) is 242 Å². The summed E-state index contributed by atoms with van der Waals surface area (Å²) in [6, 6.07) is 5.04. The largest absolute Gasteiger partial charge is 0.381 e. The van der Waals surface area contributed by atoms with Gasteiger partial charge in [-0.3, -0.25) is 9.80 Å². The van der Waals surface area contributed by atoms with Gasteiger partial charge in [-0.15, -0.1) is 0 Å². The van der Waals surface area contributed by atoms with E-state index in [9.17, 15) is 0 Å². The lowest BCUT2D eigenvalue weighted by Gasteiger charge is -2.50. The summed E-state index contributed by atoms with van der Waals surface area (Å²) in [6.45, 7) is 4.99. The molecule has 0 bridgehead atoms. The van der Waals surface area contributed by atoms with Gasteiger partial charge in [0.15, 0.2) is 0 Å². The molecule has 0 heterocycles. The molecule has 7 aliphatic carbocycles. The number of hydrogen-bond acceptors (Lipinski definition) is 4. The topological polar surface area (TPSA) is 24.9 Å². The zero-order valence-corrected chi connectivity index (χ0v) is 34.7. The Morgan fingerprint density at radius 2 is 0.577 bits per heavy atom. The summed E-state index contributed by atoms with van der Waals surface area (Å²) in [5, 5.41) is 0. The van der Waals surface area contributed by atoms with Crippen molar-refractivity contribution in [2.75, 3.05) is 14.2 Å². The molecule has 4 heteroatoms. The first-order chi connectivity index (χ1) is 25.5. The minimum atomic E-state index is 0.499. The molecule has 0 aromatic rings. The minimum Gasteiger partial charge on any atom is -0.381 e. The zero-order valence-electron chi connectivity index (χ0n) is 34.7. The molecule has 7 saturated carbocycles. The van der Waals surface area contributed by atoms with E-state index >= 15 is 0 Å². The summed E-state index contributed by atoms with van der Waals surface area (Å²) in [4.78, 5) is 6.29. The molecule has 298 valence electrons. The maximum absolute atomic E-state index is 5.79. The van der Waals surface area contributed by atoms with Crippen LogP contribution in [-0.4, -0.2) is 72.5 Å². The summed E-state index contributed by atoms with van der Waals surface area (Å²) in [6.07, 6.45) is 46.3. The number of hydrogen-bond donors (Lipinski definition) is 0. The van der Waals surface area contributed by atoms with Crippen molar-refractivity contribution < 1.29 is 9.47 Å². The van der Waals surface area contributed by atoms with Gasteiger partial charge in [0.1, 0.15) is 0 Å². The Kier molecular flexibility index (Phi) is 15.0. The van der Waals surface area contributed by atoms with Crippen LogP contribution < -0.4 is 0 Å². The van der Waals surface area contributed by atoms with E-state index in [2.05, 4.69) is 35.8 Å². The molecular formula is C48H84N2O2. The van der Waals surface area contributed by atoms with Crippen LogP contribution in [0.25, 0.3) is 0 Å². The summed E-state index contributed by atoms with van der Waals surface area (Å²) < 4.78 is 11.6. The molecule has 7 aliphatic rings. The van der Waals surface area contributed by atoms with Crippen LogP contribution in [0.2, 0.25) is 0 Å². The number of methoxy groups -OCH3 is 2. The van der Waals surface area contributed by atoms with Gasteiger partial charge in [-0.2, -0.15) is 0 Å². The molecule has 52 heavy (non-hydrogen) atoms. The molecule has 0 amide bonds. The fraction of sp³-hybridized carbons (Fsp3) is 0.958. The summed E-state index contributed by atoms with van der Waals surface area (Å²) >= 11 is 0. The van der Waals surface area contributed by atoms with E-state index in [-0.39, 0.29) is 0 Å².